The van der Waals surface area contributed by atoms with Gasteiger partial charge in [-0.25, -0.2) is 0 Å². The highest BCUT2D eigenvalue weighted by atomic mass is 79.9. The summed E-state index contributed by atoms with van der Waals surface area (Å²) in [6, 6.07) is 12.5. The van der Waals surface area contributed by atoms with E-state index in [1.54, 1.807) is 7.11 Å². The fourth-order valence-corrected chi connectivity index (χ4v) is 3.34. The highest BCUT2D eigenvalue weighted by molar-refractivity contribution is 9.10. The largest absolute Gasteiger partial charge is 0.496 e. The molecule has 0 aliphatic rings. The molecule has 1 nitrogen and oxygen atoms in total. The van der Waals surface area contributed by atoms with Crippen LogP contribution in [0.5, 0.6) is 5.75 Å². The Labute approximate surface area is 140 Å². The molecule has 3 heteroatoms. The first kappa shape index (κ1) is 16.4. The second-order valence-corrected chi connectivity index (χ2v) is 6.28. The molecule has 0 amide bonds. The van der Waals surface area contributed by atoms with Gasteiger partial charge in [-0.1, -0.05) is 38.1 Å². The molecule has 0 radical (unpaired) electrons. The Morgan fingerprint density at radius 2 is 1.62 bits per heavy atom. The molecule has 0 aromatic heterocycles. The van der Waals surface area contributed by atoms with Crippen molar-refractivity contribution < 1.29 is 4.74 Å². The van der Waals surface area contributed by atoms with E-state index in [0.717, 1.165) is 34.2 Å². The number of aryl methyl sites for hydroxylation is 2. The van der Waals surface area contributed by atoms with Crippen LogP contribution < -0.4 is 4.74 Å². The summed E-state index contributed by atoms with van der Waals surface area (Å²) in [6.07, 6.45) is 2.09. The molecule has 1 atom stereocenters. The van der Waals surface area contributed by atoms with Gasteiger partial charge in [0.15, 0.2) is 0 Å². The number of ether oxygens (including phenoxy) is 1. The molecule has 2 aromatic carbocycles. The summed E-state index contributed by atoms with van der Waals surface area (Å²) in [7, 11) is 1.66. The van der Waals surface area contributed by atoms with Crippen molar-refractivity contribution in [2.24, 2.45) is 0 Å². The predicted molar refractivity (Wildman–Crippen MR) is 93.6 cm³/mol. The van der Waals surface area contributed by atoms with Crippen molar-refractivity contribution >= 4 is 27.5 Å². The van der Waals surface area contributed by atoms with E-state index in [-0.39, 0.29) is 5.38 Å². The SMILES string of the molecule is CCc1ccc(C(Cl)c2ccc(OC)c(Br)c2)cc1CC. The van der Waals surface area contributed by atoms with Crippen LogP contribution in [0.25, 0.3) is 0 Å². The van der Waals surface area contributed by atoms with Crippen LogP contribution in [0.3, 0.4) is 0 Å². The molecule has 0 spiro atoms. The van der Waals surface area contributed by atoms with Crippen LogP contribution in [0.4, 0.5) is 0 Å². The lowest BCUT2D eigenvalue weighted by molar-refractivity contribution is 0.412. The van der Waals surface area contributed by atoms with Crippen molar-refractivity contribution in [3.63, 3.8) is 0 Å². The first-order valence-corrected chi connectivity index (χ1v) is 8.42. The maximum absolute atomic E-state index is 6.66. The van der Waals surface area contributed by atoms with E-state index >= 15 is 0 Å². The van der Waals surface area contributed by atoms with E-state index in [9.17, 15) is 0 Å². The fourth-order valence-electron chi connectivity index (χ4n) is 2.51. The molecule has 0 saturated heterocycles. The Hall–Kier alpha value is -0.990. The minimum Gasteiger partial charge on any atom is -0.496 e. The third-order valence-corrected chi connectivity index (χ3v) is 4.88. The monoisotopic (exact) mass is 366 g/mol. The average molecular weight is 368 g/mol. The van der Waals surface area contributed by atoms with Gasteiger partial charge >= 0.3 is 0 Å². The lowest BCUT2D eigenvalue weighted by Gasteiger charge is -2.15. The second-order valence-electron chi connectivity index (χ2n) is 4.99. The average Bonchev–Trinajstić information content (AvgIpc) is 2.53. The molecule has 2 rings (SSSR count). The van der Waals surface area contributed by atoms with Crippen LogP contribution in [0.15, 0.2) is 40.9 Å². The van der Waals surface area contributed by atoms with E-state index < -0.39 is 0 Å². The van der Waals surface area contributed by atoms with Crippen molar-refractivity contribution in [3.05, 3.63) is 63.1 Å². The Morgan fingerprint density at radius 1 is 1.00 bits per heavy atom. The Morgan fingerprint density at radius 3 is 2.19 bits per heavy atom. The Balaban J connectivity index is 2.35. The van der Waals surface area contributed by atoms with Gasteiger partial charge < -0.3 is 4.74 Å². The third-order valence-electron chi connectivity index (χ3n) is 3.75. The lowest BCUT2D eigenvalue weighted by Crippen LogP contribution is -1.98. The molecule has 1 unspecified atom stereocenters. The summed E-state index contributed by atoms with van der Waals surface area (Å²) in [5, 5.41) is -0.150. The molecule has 0 aliphatic carbocycles. The van der Waals surface area contributed by atoms with E-state index in [1.165, 1.54) is 11.1 Å². The van der Waals surface area contributed by atoms with Gasteiger partial charge in [-0.05, 0) is 63.2 Å². The van der Waals surface area contributed by atoms with Crippen LogP contribution in [-0.2, 0) is 12.8 Å². The van der Waals surface area contributed by atoms with Crippen LogP contribution >= 0.6 is 27.5 Å². The van der Waals surface area contributed by atoms with Gasteiger partial charge in [0.05, 0.1) is 17.0 Å². The number of hydrogen-bond donors (Lipinski definition) is 0. The highest BCUT2D eigenvalue weighted by Crippen LogP contribution is 2.34. The normalized spacial score (nSPS) is 12.2. The number of hydrogen-bond acceptors (Lipinski definition) is 1. The van der Waals surface area contributed by atoms with E-state index in [4.69, 9.17) is 16.3 Å². The summed E-state index contributed by atoms with van der Waals surface area (Å²) in [4.78, 5) is 0. The van der Waals surface area contributed by atoms with Gasteiger partial charge in [0.2, 0.25) is 0 Å². The smallest absolute Gasteiger partial charge is 0.133 e. The van der Waals surface area contributed by atoms with Crippen LogP contribution in [0.1, 0.15) is 41.5 Å². The number of rotatable bonds is 5. The summed E-state index contributed by atoms with van der Waals surface area (Å²) < 4.78 is 6.19. The van der Waals surface area contributed by atoms with Gasteiger partial charge in [-0.2, -0.15) is 0 Å². The molecule has 0 bridgehead atoms. The molecule has 0 heterocycles. The van der Waals surface area contributed by atoms with E-state index in [1.807, 2.05) is 18.2 Å². The molecule has 0 fully saturated rings. The molecule has 0 aliphatic heterocycles. The third kappa shape index (κ3) is 3.61. The zero-order valence-electron chi connectivity index (χ0n) is 12.6. The Kier molecular flexibility index (Phi) is 5.72. The van der Waals surface area contributed by atoms with Crippen LogP contribution in [0.2, 0.25) is 0 Å². The molecule has 112 valence electrons. The zero-order valence-corrected chi connectivity index (χ0v) is 15.0. The van der Waals surface area contributed by atoms with Gasteiger partial charge in [-0.3, -0.25) is 0 Å². The van der Waals surface area contributed by atoms with Gasteiger partial charge in [0, 0.05) is 0 Å². The molecule has 0 N–H and O–H groups in total. The predicted octanol–water partition coefficient (Wildman–Crippen LogP) is 5.91. The summed E-state index contributed by atoms with van der Waals surface area (Å²) >= 11 is 10.2. The fraction of sp³-hybridized carbons (Fsp3) is 0.333. The molecular formula is C18H20BrClO. The standard InChI is InChI=1S/C18H20BrClO/c1-4-12-6-7-14(10-13(12)5-2)18(20)15-8-9-17(21-3)16(19)11-15/h6-11,18H,4-5H2,1-3H3. The number of halogens is 2. The van der Waals surface area contributed by atoms with Crippen molar-refractivity contribution in [3.8, 4) is 5.75 Å². The number of methoxy groups -OCH3 is 1. The van der Waals surface area contributed by atoms with Gasteiger partial charge in [0.25, 0.3) is 0 Å². The maximum atomic E-state index is 6.66. The van der Waals surface area contributed by atoms with E-state index in [2.05, 4.69) is 48.0 Å². The quantitative estimate of drug-likeness (QED) is 0.597. The van der Waals surface area contributed by atoms with Crippen LogP contribution in [0, 0.1) is 0 Å². The molecule has 2 aromatic rings. The second kappa shape index (κ2) is 7.33. The van der Waals surface area contributed by atoms with Crippen LogP contribution in [-0.4, -0.2) is 7.11 Å². The Bertz CT molecular complexity index is 625. The topological polar surface area (TPSA) is 9.23 Å². The first-order valence-electron chi connectivity index (χ1n) is 7.19. The highest BCUT2D eigenvalue weighted by Gasteiger charge is 2.14. The van der Waals surface area contributed by atoms with Crippen molar-refractivity contribution in [1.29, 1.82) is 0 Å². The number of benzene rings is 2. The zero-order chi connectivity index (χ0) is 15.4. The maximum Gasteiger partial charge on any atom is 0.133 e. The van der Waals surface area contributed by atoms with Gasteiger partial charge in [-0.15, -0.1) is 11.6 Å². The minimum atomic E-state index is -0.150. The first-order chi connectivity index (χ1) is 10.1. The summed E-state index contributed by atoms with van der Waals surface area (Å²) in [5.74, 6) is 0.818. The molecule has 21 heavy (non-hydrogen) atoms. The van der Waals surface area contributed by atoms with Crippen molar-refractivity contribution in [2.45, 2.75) is 32.1 Å². The lowest BCUT2D eigenvalue weighted by atomic mass is 9.96. The molecular weight excluding hydrogens is 348 g/mol. The van der Waals surface area contributed by atoms with Crippen molar-refractivity contribution in [1.82, 2.24) is 0 Å². The van der Waals surface area contributed by atoms with Gasteiger partial charge in [0.1, 0.15) is 5.75 Å². The summed E-state index contributed by atoms with van der Waals surface area (Å²) in [5.41, 5.74) is 4.99. The molecule has 0 saturated carbocycles. The minimum absolute atomic E-state index is 0.150. The van der Waals surface area contributed by atoms with E-state index in [0.29, 0.717) is 0 Å². The van der Waals surface area contributed by atoms with Crippen molar-refractivity contribution in [2.75, 3.05) is 7.11 Å². The summed E-state index contributed by atoms with van der Waals surface area (Å²) in [6.45, 7) is 4.37. The number of alkyl halides is 1.